The molecule has 1 aromatic heterocycles. The molecule has 6 nitrogen and oxygen atoms in total. The molecule has 25 heavy (non-hydrogen) atoms. The summed E-state index contributed by atoms with van der Waals surface area (Å²) in [7, 11) is 1.61. The highest BCUT2D eigenvalue weighted by atomic mass is 16.5. The minimum atomic E-state index is -0.245. The maximum Gasteiger partial charge on any atom is 0.274 e. The number of rotatable bonds is 8. The maximum atomic E-state index is 12.6. The fourth-order valence-electron chi connectivity index (χ4n) is 2.53. The summed E-state index contributed by atoms with van der Waals surface area (Å²) in [5, 5.41) is 2.86. The number of carbonyl (C=O) groups is 1. The molecular weight excluding hydrogens is 316 g/mol. The number of anilines is 2. The lowest BCUT2D eigenvalue weighted by Gasteiger charge is -2.22. The number of amides is 1. The van der Waals surface area contributed by atoms with Crippen LogP contribution in [-0.4, -0.2) is 36.1 Å². The van der Waals surface area contributed by atoms with Crippen LogP contribution >= 0.6 is 0 Å². The first-order valence-corrected chi connectivity index (χ1v) is 8.63. The Morgan fingerprint density at radius 2 is 1.76 bits per heavy atom. The zero-order valence-corrected chi connectivity index (χ0v) is 15.4. The molecule has 0 saturated heterocycles. The van der Waals surface area contributed by atoms with Crippen molar-refractivity contribution in [2.45, 2.75) is 33.6 Å². The molecule has 134 valence electrons. The molecule has 0 saturated carbocycles. The molecule has 0 atom stereocenters. The Bertz CT molecular complexity index is 695. The molecule has 0 spiro atoms. The van der Waals surface area contributed by atoms with E-state index in [-0.39, 0.29) is 5.91 Å². The fourth-order valence-corrected chi connectivity index (χ4v) is 2.53. The van der Waals surface area contributed by atoms with Crippen LogP contribution in [0.1, 0.15) is 42.9 Å². The van der Waals surface area contributed by atoms with E-state index in [9.17, 15) is 4.79 Å². The number of aromatic nitrogens is 2. The fraction of sp³-hybridized carbons (Fsp3) is 0.421. The summed E-state index contributed by atoms with van der Waals surface area (Å²) in [4.78, 5) is 23.7. The van der Waals surface area contributed by atoms with Crippen LogP contribution in [0.5, 0.6) is 5.75 Å². The number of benzene rings is 1. The highest BCUT2D eigenvalue weighted by Gasteiger charge is 2.14. The summed E-state index contributed by atoms with van der Waals surface area (Å²) >= 11 is 0. The van der Waals surface area contributed by atoms with Crippen molar-refractivity contribution in [3.05, 3.63) is 41.7 Å². The Balaban J connectivity index is 2.20. The first-order chi connectivity index (χ1) is 12.1. The molecule has 2 aromatic rings. The van der Waals surface area contributed by atoms with Gasteiger partial charge in [-0.1, -0.05) is 13.8 Å². The van der Waals surface area contributed by atoms with Gasteiger partial charge < -0.3 is 15.0 Å². The van der Waals surface area contributed by atoms with E-state index in [1.54, 1.807) is 37.4 Å². The Morgan fingerprint density at radius 3 is 2.32 bits per heavy atom. The van der Waals surface area contributed by atoms with E-state index in [4.69, 9.17) is 4.74 Å². The average molecular weight is 342 g/mol. The second-order valence-electron chi connectivity index (χ2n) is 5.86. The largest absolute Gasteiger partial charge is 0.497 e. The van der Waals surface area contributed by atoms with Gasteiger partial charge >= 0.3 is 0 Å². The number of nitrogens with zero attached hydrogens (tertiary/aromatic N) is 3. The van der Waals surface area contributed by atoms with Crippen LogP contribution in [0.2, 0.25) is 0 Å². The van der Waals surface area contributed by atoms with Gasteiger partial charge in [-0.25, -0.2) is 9.97 Å². The number of carbonyl (C=O) groups excluding carboxylic acids is 1. The molecule has 0 aliphatic rings. The third kappa shape index (κ3) is 5.17. The van der Waals surface area contributed by atoms with Crippen molar-refractivity contribution >= 4 is 17.5 Å². The summed E-state index contributed by atoms with van der Waals surface area (Å²) in [5.41, 5.74) is 1.85. The van der Waals surface area contributed by atoms with Crippen molar-refractivity contribution in [1.29, 1.82) is 0 Å². The summed E-state index contributed by atoms with van der Waals surface area (Å²) in [6.45, 7) is 7.87. The second-order valence-corrected chi connectivity index (χ2v) is 5.86. The highest BCUT2D eigenvalue weighted by Crippen LogP contribution is 2.17. The van der Waals surface area contributed by atoms with Gasteiger partial charge in [0, 0.05) is 24.5 Å². The topological polar surface area (TPSA) is 67.4 Å². The summed E-state index contributed by atoms with van der Waals surface area (Å²) in [5.74, 6) is 1.11. The van der Waals surface area contributed by atoms with Crippen LogP contribution in [0.4, 0.5) is 11.6 Å². The van der Waals surface area contributed by atoms with Crippen molar-refractivity contribution in [3.63, 3.8) is 0 Å². The third-order valence-electron chi connectivity index (χ3n) is 3.69. The maximum absolute atomic E-state index is 12.6. The van der Waals surface area contributed by atoms with E-state index in [1.807, 2.05) is 6.92 Å². The van der Waals surface area contributed by atoms with Crippen molar-refractivity contribution < 1.29 is 9.53 Å². The minimum absolute atomic E-state index is 0.245. The number of hydrogen-bond donors (Lipinski definition) is 1. The summed E-state index contributed by atoms with van der Waals surface area (Å²) in [6, 6.07) is 8.91. The van der Waals surface area contributed by atoms with Gasteiger partial charge in [-0.15, -0.1) is 0 Å². The molecule has 0 bridgehead atoms. The van der Waals surface area contributed by atoms with E-state index >= 15 is 0 Å². The minimum Gasteiger partial charge on any atom is -0.497 e. The predicted molar refractivity (Wildman–Crippen MR) is 101 cm³/mol. The quantitative estimate of drug-likeness (QED) is 0.793. The van der Waals surface area contributed by atoms with Gasteiger partial charge in [-0.3, -0.25) is 4.79 Å². The molecule has 1 heterocycles. The first-order valence-electron chi connectivity index (χ1n) is 8.63. The smallest absolute Gasteiger partial charge is 0.274 e. The Labute approximate surface area is 149 Å². The van der Waals surface area contributed by atoms with Crippen LogP contribution in [0, 0.1) is 6.92 Å². The van der Waals surface area contributed by atoms with Crippen LogP contribution < -0.4 is 15.0 Å². The predicted octanol–water partition coefficient (Wildman–Crippen LogP) is 3.67. The van der Waals surface area contributed by atoms with Crippen LogP contribution in [0.3, 0.4) is 0 Å². The van der Waals surface area contributed by atoms with Crippen LogP contribution in [0.15, 0.2) is 30.3 Å². The van der Waals surface area contributed by atoms with Crippen LogP contribution in [-0.2, 0) is 0 Å². The van der Waals surface area contributed by atoms with Gasteiger partial charge in [-0.05, 0) is 50.1 Å². The lowest BCUT2D eigenvalue weighted by Crippen LogP contribution is -2.28. The van der Waals surface area contributed by atoms with Crippen molar-refractivity contribution in [3.8, 4) is 5.75 Å². The van der Waals surface area contributed by atoms with Crippen LogP contribution in [0.25, 0.3) is 0 Å². The number of hydrogen-bond acceptors (Lipinski definition) is 5. The Morgan fingerprint density at radius 1 is 1.12 bits per heavy atom. The SMILES string of the molecule is CCCN(CCC)c1nc(C)cc(C(=O)Nc2ccc(OC)cc2)n1. The van der Waals surface area contributed by atoms with Gasteiger partial charge in [0.1, 0.15) is 11.4 Å². The second kappa shape index (κ2) is 9.01. The normalized spacial score (nSPS) is 10.4. The van der Waals surface area contributed by atoms with Crippen molar-refractivity contribution in [1.82, 2.24) is 9.97 Å². The third-order valence-corrected chi connectivity index (χ3v) is 3.69. The molecule has 0 fully saturated rings. The van der Waals surface area contributed by atoms with Gasteiger partial charge in [0.2, 0.25) is 5.95 Å². The Hall–Kier alpha value is -2.63. The zero-order chi connectivity index (χ0) is 18.2. The lowest BCUT2D eigenvalue weighted by molar-refractivity contribution is 0.102. The van der Waals surface area contributed by atoms with Crippen molar-refractivity contribution in [2.75, 3.05) is 30.4 Å². The molecular formula is C19H26N4O2. The number of nitrogens with one attached hydrogen (secondary N) is 1. The van der Waals surface area contributed by atoms with Gasteiger partial charge in [-0.2, -0.15) is 0 Å². The summed E-state index contributed by atoms with van der Waals surface area (Å²) in [6.07, 6.45) is 2.01. The molecule has 1 amide bonds. The van der Waals surface area contributed by atoms with E-state index in [0.717, 1.165) is 37.4 Å². The van der Waals surface area contributed by atoms with Gasteiger partial charge in [0.15, 0.2) is 0 Å². The lowest BCUT2D eigenvalue weighted by atomic mass is 10.2. The van der Waals surface area contributed by atoms with Crippen molar-refractivity contribution in [2.24, 2.45) is 0 Å². The van der Waals surface area contributed by atoms with Gasteiger partial charge in [0.25, 0.3) is 5.91 Å². The van der Waals surface area contributed by atoms with E-state index in [2.05, 4.69) is 34.0 Å². The molecule has 0 aliphatic heterocycles. The molecule has 0 unspecified atom stereocenters. The average Bonchev–Trinajstić information content (AvgIpc) is 2.61. The standard InChI is InChI=1S/C19H26N4O2/c1-5-11-23(12-6-2)19-20-14(3)13-17(22-19)18(24)21-15-7-9-16(25-4)10-8-15/h7-10,13H,5-6,11-12H2,1-4H3,(H,21,24). The molecule has 6 heteroatoms. The number of ether oxygens (including phenoxy) is 1. The van der Waals surface area contributed by atoms with Gasteiger partial charge in [0.05, 0.1) is 7.11 Å². The number of aryl methyl sites for hydroxylation is 1. The molecule has 2 rings (SSSR count). The highest BCUT2D eigenvalue weighted by molar-refractivity contribution is 6.03. The number of methoxy groups -OCH3 is 1. The first kappa shape index (κ1) is 18.7. The molecule has 1 N–H and O–H groups in total. The Kier molecular flexibility index (Phi) is 6.74. The molecule has 0 radical (unpaired) electrons. The zero-order valence-electron chi connectivity index (χ0n) is 15.4. The molecule has 0 aliphatic carbocycles. The van der Waals surface area contributed by atoms with E-state index in [1.165, 1.54) is 0 Å². The van der Waals surface area contributed by atoms with E-state index < -0.39 is 0 Å². The monoisotopic (exact) mass is 342 g/mol. The molecule has 1 aromatic carbocycles. The summed E-state index contributed by atoms with van der Waals surface area (Å²) < 4.78 is 5.12. The van der Waals surface area contributed by atoms with E-state index in [0.29, 0.717) is 17.3 Å².